The molecule has 1 aromatic heterocycles. The number of aromatic nitrogens is 2. The summed E-state index contributed by atoms with van der Waals surface area (Å²) in [6.45, 7) is 0.659. The fraction of sp³-hybridized carbons (Fsp3) is 0.467. The molecular formula is C15H18ClN3O2. The van der Waals surface area contributed by atoms with E-state index in [4.69, 9.17) is 26.6 Å². The van der Waals surface area contributed by atoms with Gasteiger partial charge in [-0.25, -0.2) is 0 Å². The van der Waals surface area contributed by atoms with Gasteiger partial charge < -0.3 is 15.0 Å². The molecule has 1 fully saturated rings. The van der Waals surface area contributed by atoms with E-state index in [0.717, 1.165) is 24.8 Å². The highest BCUT2D eigenvalue weighted by molar-refractivity contribution is 6.30. The molecule has 2 atom stereocenters. The number of hydrogen-bond acceptors (Lipinski definition) is 5. The predicted octanol–water partition coefficient (Wildman–Crippen LogP) is 3.24. The van der Waals surface area contributed by atoms with Crippen LogP contribution in [0.3, 0.4) is 0 Å². The summed E-state index contributed by atoms with van der Waals surface area (Å²) >= 11 is 5.97. The molecule has 0 amide bonds. The molecular weight excluding hydrogens is 290 g/mol. The highest BCUT2D eigenvalue weighted by Gasteiger charge is 2.32. The first kappa shape index (κ1) is 14.4. The third-order valence-electron chi connectivity index (χ3n) is 4.13. The second-order valence-corrected chi connectivity index (χ2v) is 5.77. The zero-order valence-corrected chi connectivity index (χ0v) is 12.6. The Morgan fingerprint density at radius 1 is 1.43 bits per heavy atom. The average molecular weight is 308 g/mol. The van der Waals surface area contributed by atoms with Crippen LogP contribution < -0.4 is 10.5 Å². The van der Waals surface area contributed by atoms with Crippen molar-refractivity contribution in [3.63, 3.8) is 0 Å². The zero-order chi connectivity index (χ0) is 14.8. The molecule has 2 unspecified atom stereocenters. The Kier molecular flexibility index (Phi) is 4.12. The van der Waals surface area contributed by atoms with Crippen molar-refractivity contribution >= 4 is 11.6 Å². The lowest BCUT2D eigenvalue weighted by Gasteiger charge is -2.12. The molecule has 0 radical (unpaired) electrons. The maximum Gasteiger partial charge on any atom is 0.230 e. The molecule has 112 valence electrons. The predicted molar refractivity (Wildman–Crippen MR) is 80.4 cm³/mol. The van der Waals surface area contributed by atoms with Crippen molar-refractivity contribution in [1.82, 2.24) is 10.1 Å². The van der Waals surface area contributed by atoms with Crippen LogP contribution in [-0.2, 0) is 0 Å². The maximum atomic E-state index is 5.97. The van der Waals surface area contributed by atoms with Gasteiger partial charge in [-0.05, 0) is 43.5 Å². The van der Waals surface area contributed by atoms with Crippen LogP contribution in [0.15, 0.2) is 22.7 Å². The van der Waals surface area contributed by atoms with Gasteiger partial charge in [0.2, 0.25) is 11.7 Å². The highest BCUT2D eigenvalue weighted by atomic mass is 35.5. The maximum absolute atomic E-state index is 5.97. The lowest BCUT2D eigenvalue weighted by molar-refractivity contribution is 0.325. The van der Waals surface area contributed by atoms with Gasteiger partial charge in [0.15, 0.2) is 0 Å². The van der Waals surface area contributed by atoms with Crippen molar-refractivity contribution in [2.75, 3.05) is 13.7 Å². The molecule has 0 saturated heterocycles. The Morgan fingerprint density at radius 2 is 2.29 bits per heavy atom. The van der Waals surface area contributed by atoms with Crippen LogP contribution in [-0.4, -0.2) is 23.8 Å². The molecule has 1 aromatic carbocycles. The van der Waals surface area contributed by atoms with Gasteiger partial charge in [-0.3, -0.25) is 0 Å². The van der Waals surface area contributed by atoms with E-state index in [9.17, 15) is 0 Å². The van der Waals surface area contributed by atoms with Crippen LogP contribution in [0, 0.1) is 5.92 Å². The van der Waals surface area contributed by atoms with Gasteiger partial charge in [0.25, 0.3) is 0 Å². The summed E-state index contributed by atoms with van der Waals surface area (Å²) in [5.74, 6) is 2.55. The molecule has 0 spiro atoms. The first-order valence-corrected chi connectivity index (χ1v) is 7.48. The van der Waals surface area contributed by atoms with Crippen molar-refractivity contribution in [3.8, 4) is 17.1 Å². The van der Waals surface area contributed by atoms with Crippen molar-refractivity contribution in [2.45, 2.75) is 25.2 Å². The molecule has 1 saturated carbocycles. The van der Waals surface area contributed by atoms with Gasteiger partial charge in [-0.2, -0.15) is 4.98 Å². The fourth-order valence-corrected chi connectivity index (χ4v) is 3.15. The first-order valence-electron chi connectivity index (χ1n) is 7.10. The molecule has 0 aliphatic heterocycles. The van der Waals surface area contributed by atoms with Crippen molar-refractivity contribution in [3.05, 3.63) is 29.1 Å². The molecule has 21 heavy (non-hydrogen) atoms. The van der Waals surface area contributed by atoms with Gasteiger partial charge in [0, 0.05) is 10.9 Å². The summed E-state index contributed by atoms with van der Waals surface area (Å²) in [6, 6.07) is 5.36. The Bertz CT molecular complexity index is 629. The van der Waals surface area contributed by atoms with Crippen molar-refractivity contribution < 1.29 is 9.26 Å². The quantitative estimate of drug-likeness (QED) is 0.938. The molecule has 3 rings (SSSR count). The summed E-state index contributed by atoms with van der Waals surface area (Å²) in [4.78, 5) is 4.54. The Balaban J connectivity index is 1.91. The number of nitrogens with zero attached hydrogens (tertiary/aromatic N) is 2. The number of rotatable bonds is 4. The minimum absolute atomic E-state index is 0.273. The molecule has 5 nitrogen and oxygen atoms in total. The number of ether oxygens (including phenoxy) is 1. The van der Waals surface area contributed by atoms with Crippen molar-refractivity contribution in [1.29, 1.82) is 0 Å². The van der Waals surface area contributed by atoms with E-state index in [2.05, 4.69) is 10.1 Å². The molecule has 1 heterocycles. The number of nitrogens with two attached hydrogens (primary N) is 1. The van der Waals surface area contributed by atoms with Crippen LogP contribution in [0.25, 0.3) is 11.4 Å². The second kappa shape index (κ2) is 6.03. The number of methoxy groups -OCH3 is 1. The third kappa shape index (κ3) is 2.76. The van der Waals surface area contributed by atoms with Crippen LogP contribution in [0.2, 0.25) is 5.02 Å². The van der Waals surface area contributed by atoms with E-state index < -0.39 is 0 Å². The van der Waals surface area contributed by atoms with Gasteiger partial charge in [-0.15, -0.1) is 0 Å². The summed E-state index contributed by atoms with van der Waals surface area (Å²) in [7, 11) is 1.59. The molecule has 2 N–H and O–H groups in total. The second-order valence-electron chi connectivity index (χ2n) is 5.33. The third-order valence-corrected chi connectivity index (χ3v) is 4.36. The lowest BCUT2D eigenvalue weighted by Crippen LogP contribution is -2.17. The topological polar surface area (TPSA) is 74.2 Å². The standard InChI is InChI=1S/C15H18ClN3O2/c1-20-13-7-10(16)5-6-12(13)14-18-15(21-19-14)11-4-2-3-9(11)8-17/h5-7,9,11H,2-4,8,17H2,1H3. The zero-order valence-electron chi connectivity index (χ0n) is 11.9. The molecule has 1 aliphatic carbocycles. The van der Waals surface area contributed by atoms with Gasteiger partial charge in [-0.1, -0.05) is 23.2 Å². The minimum atomic E-state index is 0.273. The summed E-state index contributed by atoms with van der Waals surface area (Å²) in [5.41, 5.74) is 6.59. The summed E-state index contributed by atoms with van der Waals surface area (Å²) in [6.07, 6.45) is 3.35. The number of benzene rings is 1. The fourth-order valence-electron chi connectivity index (χ4n) is 2.99. The normalized spacial score (nSPS) is 21.7. The van der Waals surface area contributed by atoms with Gasteiger partial charge >= 0.3 is 0 Å². The Morgan fingerprint density at radius 3 is 3.05 bits per heavy atom. The lowest BCUT2D eigenvalue weighted by atomic mass is 9.96. The smallest absolute Gasteiger partial charge is 0.230 e. The van der Waals surface area contributed by atoms with E-state index in [1.807, 2.05) is 6.07 Å². The molecule has 6 heteroatoms. The summed E-state index contributed by atoms with van der Waals surface area (Å²) < 4.78 is 10.8. The van der Waals surface area contributed by atoms with Crippen molar-refractivity contribution in [2.24, 2.45) is 11.7 Å². The van der Waals surface area contributed by atoms with Gasteiger partial charge in [0.05, 0.1) is 12.7 Å². The van der Waals surface area contributed by atoms with E-state index in [-0.39, 0.29) is 5.92 Å². The molecule has 0 bridgehead atoms. The first-order chi connectivity index (χ1) is 10.2. The van der Waals surface area contributed by atoms with Crippen LogP contribution in [0.1, 0.15) is 31.1 Å². The number of hydrogen-bond donors (Lipinski definition) is 1. The highest BCUT2D eigenvalue weighted by Crippen LogP contribution is 2.39. The van der Waals surface area contributed by atoms with E-state index in [1.165, 1.54) is 0 Å². The monoisotopic (exact) mass is 307 g/mol. The number of halogens is 1. The van der Waals surface area contributed by atoms with Crippen LogP contribution in [0.5, 0.6) is 5.75 Å². The largest absolute Gasteiger partial charge is 0.496 e. The summed E-state index contributed by atoms with van der Waals surface area (Å²) in [5, 5.41) is 4.70. The van der Waals surface area contributed by atoms with E-state index >= 15 is 0 Å². The van der Waals surface area contributed by atoms with Crippen LogP contribution >= 0.6 is 11.6 Å². The van der Waals surface area contributed by atoms with Crippen LogP contribution in [0.4, 0.5) is 0 Å². The minimum Gasteiger partial charge on any atom is -0.496 e. The van der Waals surface area contributed by atoms with E-state index in [1.54, 1.807) is 19.2 Å². The SMILES string of the molecule is COc1cc(Cl)ccc1-c1noc(C2CCCC2CN)n1. The average Bonchev–Trinajstić information content (AvgIpc) is 3.15. The van der Waals surface area contributed by atoms with E-state index in [0.29, 0.717) is 34.9 Å². The van der Waals surface area contributed by atoms with Gasteiger partial charge in [0.1, 0.15) is 5.75 Å². The molecule has 1 aliphatic rings. The molecule has 2 aromatic rings. The Hall–Kier alpha value is -1.59. The Labute approximate surface area is 128 Å².